The van der Waals surface area contributed by atoms with E-state index in [2.05, 4.69) is 9.97 Å². The summed E-state index contributed by atoms with van der Waals surface area (Å²) in [5.74, 6) is -2.26. The number of carboxylic acids is 2. The van der Waals surface area contributed by atoms with E-state index < -0.39 is 11.9 Å². The second kappa shape index (κ2) is 13.5. The molecular formula is C18H14N2O4Rh. The zero-order valence-electron chi connectivity index (χ0n) is 12.9. The third-order valence-corrected chi connectivity index (χ3v) is 2.50. The molecule has 25 heavy (non-hydrogen) atoms. The maximum Gasteiger partial charge on any atom is 2.00 e. The Morgan fingerprint density at radius 1 is 0.600 bits per heavy atom. The van der Waals surface area contributed by atoms with Crippen molar-refractivity contribution in [1.29, 1.82) is 0 Å². The van der Waals surface area contributed by atoms with Gasteiger partial charge in [-0.25, -0.2) is 0 Å². The van der Waals surface area contributed by atoms with Crippen molar-refractivity contribution in [2.45, 2.75) is 0 Å². The monoisotopic (exact) mass is 425 g/mol. The molecule has 1 radical (unpaired) electrons. The van der Waals surface area contributed by atoms with Gasteiger partial charge in [0.1, 0.15) is 0 Å². The predicted octanol–water partition coefficient (Wildman–Crippen LogP) is 0.574. The van der Waals surface area contributed by atoms with E-state index in [1.54, 1.807) is 61.2 Å². The van der Waals surface area contributed by atoms with Crippen LogP contribution in [-0.4, -0.2) is 21.9 Å². The zero-order valence-corrected chi connectivity index (χ0v) is 14.6. The molecule has 0 atom stereocenters. The van der Waals surface area contributed by atoms with Crippen LogP contribution in [0.5, 0.6) is 0 Å². The Labute approximate surface area is 158 Å². The van der Waals surface area contributed by atoms with Crippen molar-refractivity contribution in [2.75, 3.05) is 0 Å². The number of aromatic nitrogens is 2. The zero-order chi connectivity index (χ0) is 17.6. The molecule has 0 fully saturated rings. The van der Waals surface area contributed by atoms with Gasteiger partial charge in [0, 0.05) is 24.8 Å². The third-order valence-electron chi connectivity index (χ3n) is 2.50. The summed E-state index contributed by atoms with van der Waals surface area (Å²) < 4.78 is 0. The van der Waals surface area contributed by atoms with Crippen LogP contribution in [0, 0.1) is 0 Å². The summed E-state index contributed by atoms with van der Waals surface area (Å²) in [5, 5.41) is 20.2. The molecule has 0 saturated carbocycles. The van der Waals surface area contributed by atoms with E-state index in [4.69, 9.17) is 0 Å². The van der Waals surface area contributed by atoms with E-state index in [9.17, 15) is 19.8 Å². The van der Waals surface area contributed by atoms with Crippen LogP contribution in [0.4, 0.5) is 0 Å². The number of nitrogens with zero attached hydrogens (tertiary/aromatic N) is 2. The minimum Gasteiger partial charge on any atom is -0.545 e. The number of aromatic carboxylic acids is 2. The van der Waals surface area contributed by atoms with Crippen LogP contribution in [0.2, 0.25) is 0 Å². The maximum absolute atomic E-state index is 10.1. The molecule has 129 valence electrons. The van der Waals surface area contributed by atoms with Crippen LogP contribution in [-0.2, 0) is 19.5 Å². The number of carbonyl (C=O) groups excluding carboxylic acids is 2. The molecule has 0 aliphatic carbocycles. The summed E-state index contributed by atoms with van der Waals surface area (Å²) >= 11 is 0. The first kappa shape index (κ1) is 22.1. The Kier molecular flexibility index (Phi) is 11.9. The van der Waals surface area contributed by atoms with Crippen LogP contribution in [0.1, 0.15) is 20.7 Å². The van der Waals surface area contributed by atoms with Gasteiger partial charge in [0.05, 0.1) is 11.9 Å². The number of benzene rings is 2. The van der Waals surface area contributed by atoms with Crippen LogP contribution in [0.15, 0.2) is 85.5 Å². The van der Waals surface area contributed by atoms with Crippen molar-refractivity contribution < 1.29 is 39.3 Å². The molecule has 3 rings (SSSR count). The van der Waals surface area contributed by atoms with Gasteiger partial charge in [-0.15, -0.1) is 0 Å². The van der Waals surface area contributed by atoms with Gasteiger partial charge in [-0.05, 0) is 11.1 Å². The number of carboxylic acid groups (broad SMARTS) is 2. The van der Waals surface area contributed by atoms with Crippen LogP contribution in [0.3, 0.4) is 0 Å². The van der Waals surface area contributed by atoms with E-state index in [0.29, 0.717) is 0 Å². The predicted molar refractivity (Wildman–Crippen MR) is 83.6 cm³/mol. The summed E-state index contributed by atoms with van der Waals surface area (Å²) in [7, 11) is 0. The second-order valence-electron chi connectivity index (χ2n) is 4.20. The van der Waals surface area contributed by atoms with Crippen molar-refractivity contribution in [3.63, 3.8) is 0 Å². The molecule has 0 N–H and O–H groups in total. The largest absolute Gasteiger partial charge is 2.00 e. The van der Waals surface area contributed by atoms with Gasteiger partial charge in [0.15, 0.2) is 0 Å². The fourth-order valence-electron chi connectivity index (χ4n) is 1.40. The Morgan fingerprint density at radius 2 is 0.880 bits per heavy atom. The molecule has 0 bridgehead atoms. The van der Waals surface area contributed by atoms with E-state index in [1.807, 2.05) is 0 Å². The minimum atomic E-state index is -1.13. The van der Waals surface area contributed by atoms with E-state index in [0.717, 1.165) is 0 Å². The molecule has 7 heteroatoms. The van der Waals surface area contributed by atoms with Crippen molar-refractivity contribution in [2.24, 2.45) is 0 Å². The van der Waals surface area contributed by atoms with Crippen LogP contribution in [0.25, 0.3) is 0 Å². The third kappa shape index (κ3) is 10.5. The molecule has 0 aliphatic heterocycles. The fraction of sp³-hybridized carbons (Fsp3) is 0. The van der Waals surface area contributed by atoms with Gasteiger partial charge in [-0.3, -0.25) is 9.97 Å². The molecule has 1 aromatic heterocycles. The number of carbonyl (C=O) groups is 2. The van der Waals surface area contributed by atoms with E-state index >= 15 is 0 Å². The Hall–Kier alpha value is -2.92. The quantitative estimate of drug-likeness (QED) is 0.556. The summed E-state index contributed by atoms with van der Waals surface area (Å²) in [6, 6.07) is 16.1. The van der Waals surface area contributed by atoms with Crippen LogP contribution >= 0.6 is 0 Å². The number of rotatable bonds is 2. The average molecular weight is 425 g/mol. The SMILES string of the molecule is O=C([O-])c1ccccc1.O=C([O-])c1ccccc1.[Rh+2].c1cnccn1. The Balaban J connectivity index is 0.000000346. The molecule has 0 aliphatic rings. The minimum absolute atomic E-state index is 0. The summed E-state index contributed by atoms with van der Waals surface area (Å²) in [6.07, 6.45) is 6.56. The van der Waals surface area contributed by atoms with Crippen molar-refractivity contribution >= 4 is 11.9 Å². The van der Waals surface area contributed by atoms with Gasteiger partial charge in [0.2, 0.25) is 0 Å². The topological polar surface area (TPSA) is 106 Å². The van der Waals surface area contributed by atoms with E-state index in [-0.39, 0.29) is 30.6 Å². The van der Waals surface area contributed by atoms with Gasteiger partial charge in [-0.2, -0.15) is 0 Å². The normalized spacial score (nSPS) is 8.32. The first-order valence-electron chi connectivity index (χ1n) is 6.84. The number of hydrogen-bond donors (Lipinski definition) is 0. The second-order valence-corrected chi connectivity index (χ2v) is 4.20. The first-order chi connectivity index (χ1) is 11.6. The van der Waals surface area contributed by atoms with Gasteiger partial charge in [-0.1, -0.05) is 60.7 Å². The van der Waals surface area contributed by atoms with Gasteiger partial charge >= 0.3 is 19.5 Å². The molecule has 0 unspecified atom stereocenters. The standard InChI is InChI=1S/2C7H6O2.C4H4N2.Rh/c2*8-7(9)6-4-2-1-3-5-6;1-2-6-4-3-5-1;/h2*1-5H,(H,8,9);1-4H;/q;;;+2/p-2. The van der Waals surface area contributed by atoms with Crippen molar-refractivity contribution in [1.82, 2.24) is 9.97 Å². The smallest absolute Gasteiger partial charge is 0.545 e. The van der Waals surface area contributed by atoms with Crippen molar-refractivity contribution in [3.05, 3.63) is 96.6 Å². The van der Waals surface area contributed by atoms with Gasteiger partial charge in [0.25, 0.3) is 0 Å². The molecular weight excluding hydrogens is 411 g/mol. The molecule has 0 spiro atoms. The summed E-state index contributed by atoms with van der Waals surface area (Å²) in [6.45, 7) is 0. The number of hydrogen-bond acceptors (Lipinski definition) is 6. The molecule has 6 nitrogen and oxygen atoms in total. The Bertz CT molecular complexity index is 650. The Morgan fingerprint density at radius 3 is 1.04 bits per heavy atom. The fourth-order valence-corrected chi connectivity index (χ4v) is 1.40. The molecule has 0 amide bonds. The maximum atomic E-state index is 10.1. The van der Waals surface area contributed by atoms with Crippen molar-refractivity contribution in [3.8, 4) is 0 Å². The molecule has 2 aromatic carbocycles. The van der Waals surface area contributed by atoms with E-state index in [1.165, 1.54) is 24.3 Å². The molecule has 0 saturated heterocycles. The molecule has 1 heterocycles. The molecule has 3 aromatic rings. The summed E-state index contributed by atoms with van der Waals surface area (Å²) in [4.78, 5) is 27.6. The van der Waals surface area contributed by atoms with Gasteiger partial charge < -0.3 is 19.8 Å². The summed E-state index contributed by atoms with van der Waals surface area (Å²) in [5.41, 5.74) is 0.440. The first-order valence-corrected chi connectivity index (χ1v) is 6.84. The average Bonchev–Trinajstić information content (AvgIpc) is 2.65. The van der Waals surface area contributed by atoms with Crippen LogP contribution < -0.4 is 10.2 Å².